The van der Waals surface area contributed by atoms with Crippen molar-refractivity contribution in [3.63, 3.8) is 0 Å². The van der Waals surface area contributed by atoms with Gasteiger partial charge in [0.05, 0.1) is 24.0 Å². The Morgan fingerprint density at radius 3 is 1.93 bits per heavy atom. The third kappa shape index (κ3) is 14.3. The summed E-state index contributed by atoms with van der Waals surface area (Å²) in [6.45, 7) is 9.27. The number of halogens is 3. The molecule has 306 valence electrons. The van der Waals surface area contributed by atoms with Crippen LogP contribution in [0.25, 0.3) is 0 Å². The minimum atomic E-state index is -5.08. The summed E-state index contributed by atoms with van der Waals surface area (Å²) in [5, 5.41) is 19.7. The molecule has 1 aliphatic rings. The third-order valence-corrected chi connectivity index (χ3v) is 10.8. The standard InChI is InChI=1S/C38H51N5O5S.C2HF3O2/c1-7-14-34(37(46)40-24-31-23-38(31,3)4)39-25-32(19-27-15-10-8-11-16-27)42-36(45)30-20-29(21-33(22-30)43(5)49(6,47)48)35(44)41-26(2)28-17-12-9-13-18-28;3-2(4,5)1(6)7/h8-13,15-18,20-22,26,31-32,34,39H,7,14,19,23-25H2,1-6H3,(H,40,46)(H,41,44)(H,42,45);(H,6,7)/t26-,31?,32+,34+;/m1./s1. The minimum Gasteiger partial charge on any atom is -0.475 e. The van der Waals surface area contributed by atoms with E-state index < -0.39 is 46.1 Å². The first-order valence-corrected chi connectivity index (χ1v) is 20.1. The number of amides is 3. The van der Waals surface area contributed by atoms with Crippen molar-refractivity contribution in [2.24, 2.45) is 11.3 Å². The molecule has 3 amide bonds. The highest BCUT2D eigenvalue weighted by molar-refractivity contribution is 7.92. The number of sulfonamides is 1. The number of nitrogens with one attached hydrogen (secondary N) is 4. The number of hydrogen-bond acceptors (Lipinski definition) is 7. The van der Waals surface area contributed by atoms with Gasteiger partial charge in [-0.15, -0.1) is 0 Å². The average Bonchev–Trinajstić information content (AvgIpc) is 3.77. The highest BCUT2D eigenvalue weighted by Crippen LogP contribution is 2.51. The summed E-state index contributed by atoms with van der Waals surface area (Å²) < 4.78 is 57.8. The molecule has 3 aromatic carbocycles. The molecular weight excluding hydrogens is 752 g/mol. The van der Waals surface area contributed by atoms with Crippen LogP contribution in [0.1, 0.15) is 84.8 Å². The van der Waals surface area contributed by atoms with Crippen molar-refractivity contribution in [3.8, 4) is 0 Å². The molecule has 4 rings (SSSR count). The van der Waals surface area contributed by atoms with Crippen LogP contribution in [0.3, 0.4) is 0 Å². The first kappa shape index (κ1) is 45.4. The van der Waals surface area contributed by atoms with E-state index in [2.05, 4.69) is 35.1 Å². The van der Waals surface area contributed by atoms with Crippen molar-refractivity contribution >= 4 is 39.4 Å². The van der Waals surface area contributed by atoms with Crippen LogP contribution < -0.4 is 25.6 Å². The van der Waals surface area contributed by atoms with Crippen molar-refractivity contribution in [1.29, 1.82) is 0 Å². The molecule has 0 bridgehead atoms. The number of hydrogen-bond donors (Lipinski definition) is 5. The summed E-state index contributed by atoms with van der Waals surface area (Å²) in [6, 6.07) is 22.4. The van der Waals surface area contributed by atoms with Crippen molar-refractivity contribution in [3.05, 3.63) is 101 Å². The number of carboxylic acid groups (broad SMARTS) is 1. The van der Waals surface area contributed by atoms with Crippen molar-refractivity contribution in [2.75, 3.05) is 30.7 Å². The number of carbonyl (C=O) groups is 4. The summed E-state index contributed by atoms with van der Waals surface area (Å²) in [6.07, 6.45) is -0.981. The van der Waals surface area contributed by atoms with Crippen LogP contribution in [0.15, 0.2) is 78.9 Å². The Bertz CT molecular complexity index is 1910. The summed E-state index contributed by atoms with van der Waals surface area (Å²) >= 11 is 0. The predicted octanol–water partition coefficient (Wildman–Crippen LogP) is 5.47. The van der Waals surface area contributed by atoms with Crippen LogP contribution in [0.2, 0.25) is 0 Å². The molecule has 56 heavy (non-hydrogen) atoms. The van der Waals surface area contributed by atoms with E-state index >= 15 is 0 Å². The van der Waals surface area contributed by atoms with Crippen LogP contribution in [0.5, 0.6) is 0 Å². The maximum atomic E-state index is 13.9. The van der Waals surface area contributed by atoms with Crippen molar-refractivity contribution in [1.82, 2.24) is 21.3 Å². The monoisotopic (exact) mass is 803 g/mol. The highest BCUT2D eigenvalue weighted by Gasteiger charge is 2.45. The van der Waals surface area contributed by atoms with Gasteiger partial charge in [-0.25, -0.2) is 13.2 Å². The molecule has 0 radical (unpaired) electrons. The normalized spacial score (nSPS) is 16.2. The van der Waals surface area contributed by atoms with Gasteiger partial charge in [-0.2, -0.15) is 13.2 Å². The highest BCUT2D eigenvalue weighted by atomic mass is 32.2. The van der Waals surface area contributed by atoms with E-state index in [1.807, 2.05) is 74.5 Å². The molecule has 1 unspecified atom stereocenters. The molecule has 5 N–H and O–H groups in total. The molecule has 0 aromatic heterocycles. The fourth-order valence-corrected chi connectivity index (χ4v) is 6.35. The lowest BCUT2D eigenvalue weighted by molar-refractivity contribution is -0.192. The molecule has 3 aromatic rings. The van der Waals surface area contributed by atoms with Crippen LogP contribution >= 0.6 is 0 Å². The van der Waals surface area contributed by atoms with Gasteiger partial charge in [0, 0.05) is 37.3 Å². The Hall–Kier alpha value is -4.96. The van der Waals surface area contributed by atoms with E-state index in [1.54, 1.807) is 0 Å². The second kappa shape index (κ2) is 19.8. The van der Waals surface area contributed by atoms with Crippen molar-refractivity contribution in [2.45, 2.75) is 77.7 Å². The number of carboxylic acids is 1. The van der Waals surface area contributed by atoms with Gasteiger partial charge in [-0.1, -0.05) is 87.9 Å². The molecule has 16 heteroatoms. The smallest absolute Gasteiger partial charge is 0.475 e. The number of anilines is 1. The fourth-order valence-electron chi connectivity index (χ4n) is 5.86. The number of alkyl halides is 3. The Balaban J connectivity index is 0.00000109. The zero-order valence-electron chi connectivity index (χ0n) is 32.4. The zero-order chi connectivity index (χ0) is 41.8. The predicted molar refractivity (Wildman–Crippen MR) is 209 cm³/mol. The van der Waals surface area contributed by atoms with Crippen LogP contribution in [-0.4, -0.2) is 81.9 Å². The quantitative estimate of drug-likeness (QED) is 0.120. The number of rotatable bonds is 17. The molecule has 1 fully saturated rings. The Morgan fingerprint density at radius 2 is 1.45 bits per heavy atom. The van der Waals surface area contributed by atoms with E-state index in [-0.39, 0.29) is 34.2 Å². The molecule has 0 spiro atoms. The minimum absolute atomic E-state index is 0.0498. The maximum Gasteiger partial charge on any atom is 0.490 e. The van der Waals surface area contributed by atoms with Crippen LogP contribution in [0, 0.1) is 11.3 Å². The average molecular weight is 804 g/mol. The lowest BCUT2D eigenvalue weighted by Crippen LogP contribution is -2.51. The number of aliphatic carboxylic acids is 1. The third-order valence-electron chi connectivity index (χ3n) is 9.60. The van der Waals surface area contributed by atoms with Crippen molar-refractivity contribution < 1.29 is 45.9 Å². The Morgan fingerprint density at radius 1 is 0.929 bits per heavy atom. The molecule has 0 saturated heterocycles. The Kier molecular flexibility index (Phi) is 16.0. The van der Waals surface area contributed by atoms with E-state index in [1.165, 1.54) is 25.2 Å². The summed E-state index contributed by atoms with van der Waals surface area (Å²) in [5.74, 6) is -3.24. The summed E-state index contributed by atoms with van der Waals surface area (Å²) in [5.41, 5.74) is 2.64. The number of benzene rings is 3. The maximum absolute atomic E-state index is 13.9. The first-order chi connectivity index (χ1) is 26.1. The molecule has 12 nitrogen and oxygen atoms in total. The van der Waals surface area contributed by atoms with Gasteiger partial charge >= 0.3 is 12.1 Å². The molecular formula is C40H52F3N5O7S. The van der Waals surface area contributed by atoms with E-state index in [0.717, 1.165) is 34.5 Å². The SMILES string of the molecule is CCC[C@H](NC[C@H](Cc1ccccc1)NC(=O)c1cc(C(=O)N[C@H](C)c2ccccc2)cc(N(C)S(C)(=O)=O)c1)C(=O)NCC1CC1(C)C.O=C(O)C(F)(F)F. The van der Waals surface area contributed by atoms with Gasteiger partial charge in [0.15, 0.2) is 0 Å². The number of carbonyl (C=O) groups excluding carboxylic acids is 3. The molecule has 0 heterocycles. The molecule has 1 saturated carbocycles. The largest absolute Gasteiger partial charge is 0.490 e. The van der Waals surface area contributed by atoms with Gasteiger partial charge in [-0.3, -0.25) is 18.7 Å². The van der Waals surface area contributed by atoms with Crippen LogP contribution in [0.4, 0.5) is 18.9 Å². The summed E-state index contributed by atoms with van der Waals surface area (Å²) in [4.78, 5) is 49.5. The van der Waals surface area contributed by atoms with Gasteiger partial charge in [0.1, 0.15) is 0 Å². The van der Waals surface area contributed by atoms with E-state index in [9.17, 15) is 36.0 Å². The molecule has 4 atom stereocenters. The van der Waals surface area contributed by atoms with Gasteiger partial charge in [0.2, 0.25) is 15.9 Å². The lowest BCUT2D eigenvalue weighted by atomic mass is 10.0. The summed E-state index contributed by atoms with van der Waals surface area (Å²) in [7, 11) is -2.31. The molecule has 0 aliphatic heterocycles. The molecule has 1 aliphatic carbocycles. The first-order valence-electron chi connectivity index (χ1n) is 18.2. The van der Waals surface area contributed by atoms with Gasteiger partial charge in [-0.05, 0) is 66.8 Å². The van der Waals surface area contributed by atoms with Gasteiger partial charge < -0.3 is 26.4 Å². The number of nitrogens with zero attached hydrogens (tertiary/aromatic N) is 1. The lowest BCUT2D eigenvalue weighted by Gasteiger charge is -2.24. The van der Waals surface area contributed by atoms with Crippen LogP contribution in [-0.2, 0) is 26.0 Å². The van der Waals surface area contributed by atoms with E-state index in [0.29, 0.717) is 31.8 Å². The Labute approximate surface area is 326 Å². The zero-order valence-corrected chi connectivity index (χ0v) is 33.3. The second-order valence-electron chi connectivity index (χ2n) is 14.7. The van der Waals surface area contributed by atoms with E-state index in [4.69, 9.17) is 9.90 Å². The fraction of sp³-hybridized carbons (Fsp3) is 0.450. The topological polar surface area (TPSA) is 174 Å². The second-order valence-corrected chi connectivity index (χ2v) is 16.7. The van der Waals surface area contributed by atoms with Gasteiger partial charge in [0.25, 0.3) is 11.8 Å².